The molecule has 2 amide bonds. The van der Waals surface area contributed by atoms with E-state index in [2.05, 4.69) is 20.2 Å². The highest BCUT2D eigenvalue weighted by atomic mass is 16.5. The number of aromatic nitrogens is 2. The quantitative estimate of drug-likeness (QED) is 0.666. The molecule has 4 rings (SSSR count). The van der Waals surface area contributed by atoms with Gasteiger partial charge in [-0.15, -0.1) is 0 Å². The number of morpholine rings is 1. The van der Waals surface area contributed by atoms with Crippen molar-refractivity contribution in [1.82, 2.24) is 14.9 Å². The third-order valence-corrected chi connectivity index (χ3v) is 5.58. The summed E-state index contributed by atoms with van der Waals surface area (Å²) in [5.74, 6) is -0.503. The smallest absolute Gasteiger partial charge is 0.254 e. The van der Waals surface area contributed by atoms with Crippen LogP contribution in [0.2, 0.25) is 0 Å². The second-order valence-corrected chi connectivity index (χ2v) is 7.95. The number of anilines is 2. The SMILES string of the molecule is Cc1nc2ccc(C(=O)N(C)CC(=O)Nc3ccc(N4CCOCC4)cc3)cc2nc1C. The molecular formula is C24H27N5O3. The van der Waals surface area contributed by atoms with Crippen molar-refractivity contribution in [3.63, 3.8) is 0 Å². The maximum atomic E-state index is 12.8. The van der Waals surface area contributed by atoms with Crippen molar-refractivity contribution in [2.45, 2.75) is 13.8 Å². The summed E-state index contributed by atoms with van der Waals surface area (Å²) < 4.78 is 5.38. The second-order valence-electron chi connectivity index (χ2n) is 7.95. The van der Waals surface area contributed by atoms with Gasteiger partial charge >= 0.3 is 0 Å². The van der Waals surface area contributed by atoms with E-state index in [1.807, 2.05) is 38.1 Å². The van der Waals surface area contributed by atoms with Crippen molar-refractivity contribution >= 4 is 34.2 Å². The number of aryl methyl sites for hydroxylation is 2. The fourth-order valence-corrected chi connectivity index (χ4v) is 3.65. The topological polar surface area (TPSA) is 87.7 Å². The first-order chi connectivity index (χ1) is 15.4. The van der Waals surface area contributed by atoms with E-state index in [-0.39, 0.29) is 18.4 Å². The summed E-state index contributed by atoms with van der Waals surface area (Å²) in [6.45, 7) is 6.91. The predicted octanol–water partition coefficient (Wildman–Crippen LogP) is 2.79. The fraction of sp³-hybridized carbons (Fsp3) is 0.333. The third kappa shape index (κ3) is 4.86. The molecule has 2 heterocycles. The van der Waals surface area contributed by atoms with Crippen molar-refractivity contribution < 1.29 is 14.3 Å². The molecule has 1 aliphatic heterocycles. The van der Waals surface area contributed by atoms with Gasteiger partial charge in [-0.3, -0.25) is 9.59 Å². The molecular weight excluding hydrogens is 406 g/mol. The van der Waals surface area contributed by atoms with Crippen molar-refractivity contribution in [2.75, 3.05) is 50.1 Å². The fourth-order valence-electron chi connectivity index (χ4n) is 3.65. The van der Waals surface area contributed by atoms with Crippen molar-refractivity contribution in [3.05, 3.63) is 59.4 Å². The zero-order valence-electron chi connectivity index (χ0n) is 18.6. The number of carbonyl (C=O) groups is 2. The van der Waals surface area contributed by atoms with Crippen molar-refractivity contribution in [1.29, 1.82) is 0 Å². The largest absolute Gasteiger partial charge is 0.378 e. The van der Waals surface area contributed by atoms with E-state index in [4.69, 9.17) is 4.74 Å². The van der Waals surface area contributed by atoms with Gasteiger partial charge in [0.2, 0.25) is 5.91 Å². The van der Waals surface area contributed by atoms with E-state index in [9.17, 15) is 9.59 Å². The molecule has 0 bridgehead atoms. The van der Waals surface area contributed by atoms with Gasteiger partial charge in [0.1, 0.15) is 0 Å². The number of amides is 2. The highest BCUT2D eigenvalue weighted by Gasteiger charge is 2.17. The first-order valence-electron chi connectivity index (χ1n) is 10.6. The van der Waals surface area contributed by atoms with E-state index in [0.717, 1.165) is 48.9 Å². The normalized spacial score (nSPS) is 13.8. The summed E-state index contributed by atoms with van der Waals surface area (Å²) in [7, 11) is 1.61. The van der Waals surface area contributed by atoms with Crippen LogP contribution in [0.15, 0.2) is 42.5 Å². The maximum Gasteiger partial charge on any atom is 0.254 e. The molecule has 1 saturated heterocycles. The molecule has 8 nitrogen and oxygen atoms in total. The van der Waals surface area contributed by atoms with Crippen LogP contribution >= 0.6 is 0 Å². The summed E-state index contributed by atoms with van der Waals surface area (Å²) >= 11 is 0. The van der Waals surface area contributed by atoms with Gasteiger partial charge in [-0.25, -0.2) is 9.97 Å². The Morgan fingerprint density at radius 3 is 2.34 bits per heavy atom. The number of hydrogen-bond donors (Lipinski definition) is 1. The van der Waals surface area contributed by atoms with Crippen LogP contribution in [-0.2, 0) is 9.53 Å². The standard InChI is InChI=1S/C24H27N5O3/c1-16-17(2)26-22-14-18(4-9-21(22)25-16)24(31)28(3)15-23(30)27-19-5-7-20(8-6-19)29-10-12-32-13-11-29/h4-9,14H,10-13,15H2,1-3H3,(H,27,30). The summed E-state index contributed by atoms with van der Waals surface area (Å²) in [4.78, 5) is 38.0. The van der Waals surface area contributed by atoms with Gasteiger partial charge in [-0.1, -0.05) is 0 Å². The molecule has 3 aromatic rings. The van der Waals surface area contributed by atoms with Gasteiger partial charge in [-0.05, 0) is 56.3 Å². The van der Waals surface area contributed by atoms with E-state index in [1.165, 1.54) is 4.90 Å². The highest BCUT2D eigenvalue weighted by molar-refractivity contribution is 6.00. The Labute approximate surface area is 187 Å². The van der Waals surface area contributed by atoms with Crippen LogP contribution in [0.4, 0.5) is 11.4 Å². The lowest BCUT2D eigenvalue weighted by molar-refractivity contribution is -0.116. The number of rotatable bonds is 5. The second kappa shape index (κ2) is 9.32. The van der Waals surface area contributed by atoms with Crippen LogP contribution in [0, 0.1) is 13.8 Å². The summed E-state index contributed by atoms with van der Waals surface area (Å²) in [5, 5.41) is 2.85. The molecule has 1 aromatic heterocycles. The lowest BCUT2D eigenvalue weighted by Crippen LogP contribution is -2.36. The Morgan fingerprint density at radius 1 is 1.00 bits per heavy atom. The molecule has 0 unspecified atom stereocenters. The van der Waals surface area contributed by atoms with Crippen LogP contribution in [0.5, 0.6) is 0 Å². The molecule has 0 aliphatic carbocycles. The first kappa shape index (κ1) is 21.7. The molecule has 8 heteroatoms. The van der Waals surface area contributed by atoms with E-state index in [0.29, 0.717) is 16.8 Å². The zero-order chi connectivity index (χ0) is 22.7. The number of ether oxygens (including phenoxy) is 1. The number of fused-ring (bicyclic) bond motifs is 1. The van der Waals surface area contributed by atoms with Crippen molar-refractivity contribution in [3.8, 4) is 0 Å². The minimum atomic E-state index is -0.257. The van der Waals surface area contributed by atoms with E-state index < -0.39 is 0 Å². The van der Waals surface area contributed by atoms with Crippen LogP contribution in [-0.4, -0.2) is 66.6 Å². The lowest BCUT2D eigenvalue weighted by atomic mass is 10.1. The predicted molar refractivity (Wildman–Crippen MR) is 124 cm³/mol. The monoisotopic (exact) mass is 433 g/mol. The number of hydrogen-bond acceptors (Lipinski definition) is 6. The van der Waals surface area contributed by atoms with E-state index >= 15 is 0 Å². The molecule has 166 valence electrons. The third-order valence-electron chi connectivity index (χ3n) is 5.58. The van der Waals surface area contributed by atoms with Crippen LogP contribution in [0.1, 0.15) is 21.7 Å². The van der Waals surface area contributed by atoms with Gasteiger partial charge in [0.25, 0.3) is 5.91 Å². The zero-order valence-corrected chi connectivity index (χ0v) is 18.6. The summed E-state index contributed by atoms with van der Waals surface area (Å²) in [6, 6.07) is 12.9. The van der Waals surface area contributed by atoms with Gasteiger partial charge in [0.05, 0.1) is 42.2 Å². The Kier molecular flexibility index (Phi) is 6.32. The molecule has 1 N–H and O–H groups in total. The molecule has 0 spiro atoms. The Balaban J connectivity index is 1.37. The van der Waals surface area contributed by atoms with E-state index in [1.54, 1.807) is 25.2 Å². The van der Waals surface area contributed by atoms with Gasteiger partial charge in [0.15, 0.2) is 0 Å². The minimum absolute atomic E-state index is 0.0549. The first-order valence-corrected chi connectivity index (χ1v) is 10.6. The summed E-state index contributed by atoms with van der Waals surface area (Å²) in [6.07, 6.45) is 0. The van der Waals surface area contributed by atoms with Crippen LogP contribution in [0.3, 0.4) is 0 Å². The Morgan fingerprint density at radius 2 is 1.66 bits per heavy atom. The Hall–Kier alpha value is -3.52. The molecule has 0 atom stereocenters. The number of benzene rings is 2. The number of likely N-dealkylation sites (N-methyl/N-ethyl adjacent to an activating group) is 1. The number of nitrogens with zero attached hydrogens (tertiary/aromatic N) is 4. The number of carbonyl (C=O) groups excluding carboxylic acids is 2. The van der Waals surface area contributed by atoms with Crippen molar-refractivity contribution in [2.24, 2.45) is 0 Å². The summed E-state index contributed by atoms with van der Waals surface area (Å²) in [5.41, 5.74) is 5.36. The maximum absolute atomic E-state index is 12.8. The van der Waals surface area contributed by atoms with Gasteiger partial charge in [-0.2, -0.15) is 0 Å². The molecule has 2 aromatic carbocycles. The Bertz CT molecular complexity index is 1140. The molecule has 1 fully saturated rings. The molecule has 32 heavy (non-hydrogen) atoms. The number of nitrogens with one attached hydrogen (secondary N) is 1. The van der Waals surface area contributed by atoms with Gasteiger partial charge < -0.3 is 19.9 Å². The molecule has 0 radical (unpaired) electrons. The molecule has 0 saturated carbocycles. The van der Waals surface area contributed by atoms with Gasteiger partial charge in [0, 0.05) is 37.1 Å². The average Bonchev–Trinajstić information content (AvgIpc) is 2.80. The highest BCUT2D eigenvalue weighted by Crippen LogP contribution is 2.19. The minimum Gasteiger partial charge on any atom is -0.378 e. The average molecular weight is 434 g/mol. The lowest BCUT2D eigenvalue weighted by Gasteiger charge is -2.28. The van der Waals surface area contributed by atoms with Crippen LogP contribution in [0.25, 0.3) is 11.0 Å². The van der Waals surface area contributed by atoms with Crippen LogP contribution < -0.4 is 10.2 Å². The molecule has 1 aliphatic rings.